The Kier molecular flexibility index (Phi) is 2.30. The molecule has 0 amide bonds. The highest BCUT2D eigenvalue weighted by Gasteiger charge is 2.19. The number of para-hydroxylation sites is 1. The molecule has 0 aromatic heterocycles. The van der Waals surface area contributed by atoms with Crippen LogP contribution < -0.4 is 4.74 Å². The molecule has 2 nitrogen and oxygen atoms in total. The third-order valence-electron chi connectivity index (χ3n) is 2.46. The van der Waals surface area contributed by atoms with Crippen LogP contribution in [0.4, 0.5) is 0 Å². The maximum absolute atomic E-state index is 10.4. The summed E-state index contributed by atoms with van der Waals surface area (Å²) in [5.74, 6) is 1.31. The van der Waals surface area contributed by atoms with Gasteiger partial charge in [-0.05, 0) is 24.0 Å². The van der Waals surface area contributed by atoms with Crippen LogP contribution in [0.25, 0.3) is 0 Å². The maximum atomic E-state index is 10.4. The van der Waals surface area contributed by atoms with Gasteiger partial charge in [-0.2, -0.15) is 0 Å². The molecule has 0 saturated carbocycles. The quantitative estimate of drug-likeness (QED) is 0.645. The van der Waals surface area contributed by atoms with Crippen LogP contribution in [0.2, 0.25) is 0 Å². The fourth-order valence-corrected chi connectivity index (χ4v) is 1.78. The predicted molar refractivity (Wildman–Crippen MR) is 50.0 cm³/mol. The van der Waals surface area contributed by atoms with Gasteiger partial charge >= 0.3 is 0 Å². The van der Waals surface area contributed by atoms with Gasteiger partial charge in [-0.25, -0.2) is 0 Å². The summed E-state index contributed by atoms with van der Waals surface area (Å²) in [5.41, 5.74) is 1.18. The molecule has 0 bridgehead atoms. The molecule has 1 atom stereocenters. The number of ether oxygens (including phenoxy) is 1. The van der Waals surface area contributed by atoms with E-state index in [1.807, 2.05) is 24.3 Å². The van der Waals surface area contributed by atoms with Crippen molar-refractivity contribution in [1.29, 1.82) is 0 Å². The van der Waals surface area contributed by atoms with Gasteiger partial charge in [0, 0.05) is 6.42 Å². The van der Waals surface area contributed by atoms with Crippen LogP contribution in [-0.2, 0) is 4.79 Å². The van der Waals surface area contributed by atoms with Crippen molar-refractivity contribution >= 4 is 6.29 Å². The van der Waals surface area contributed by atoms with E-state index in [-0.39, 0.29) is 0 Å². The lowest BCUT2D eigenvalue weighted by Gasteiger charge is -2.24. The van der Waals surface area contributed by atoms with Crippen molar-refractivity contribution in [1.82, 2.24) is 0 Å². The fraction of sp³-hybridized carbons (Fsp3) is 0.364. The SMILES string of the molecule is O=CC[C@@H]1CCOc2ccccc21. The third-order valence-corrected chi connectivity index (χ3v) is 2.46. The van der Waals surface area contributed by atoms with Crippen LogP contribution in [-0.4, -0.2) is 12.9 Å². The molecule has 1 aliphatic heterocycles. The molecule has 1 aromatic rings. The average molecular weight is 176 g/mol. The summed E-state index contributed by atoms with van der Waals surface area (Å²) in [7, 11) is 0. The van der Waals surface area contributed by atoms with Crippen molar-refractivity contribution in [2.45, 2.75) is 18.8 Å². The van der Waals surface area contributed by atoms with Gasteiger partial charge < -0.3 is 9.53 Å². The third kappa shape index (κ3) is 1.57. The molecule has 1 aliphatic rings. The average Bonchev–Trinajstić information content (AvgIpc) is 2.19. The number of hydrogen-bond donors (Lipinski definition) is 0. The highest BCUT2D eigenvalue weighted by Crippen LogP contribution is 2.34. The van der Waals surface area contributed by atoms with E-state index >= 15 is 0 Å². The van der Waals surface area contributed by atoms with Crippen molar-refractivity contribution in [2.75, 3.05) is 6.61 Å². The van der Waals surface area contributed by atoms with Crippen molar-refractivity contribution in [3.8, 4) is 5.75 Å². The van der Waals surface area contributed by atoms with E-state index in [1.165, 1.54) is 5.56 Å². The lowest BCUT2D eigenvalue weighted by Crippen LogP contribution is -2.14. The van der Waals surface area contributed by atoms with Crippen molar-refractivity contribution in [3.63, 3.8) is 0 Å². The van der Waals surface area contributed by atoms with Crippen molar-refractivity contribution < 1.29 is 9.53 Å². The minimum absolute atomic E-state index is 0.363. The fourth-order valence-electron chi connectivity index (χ4n) is 1.78. The first kappa shape index (κ1) is 8.30. The molecule has 1 heterocycles. The van der Waals surface area contributed by atoms with E-state index in [0.29, 0.717) is 12.3 Å². The predicted octanol–water partition coefficient (Wildman–Crippen LogP) is 2.14. The highest BCUT2D eigenvalue weighted by molar-refractivity contribution is 5.53. The summed E-state index contributed by atoms with van der Waals surface area (Å²) in [6.45, 7) is 0.732. The van der Waals surface area contributed by atoms with Gasteiger partial charge in [0.2, 0.25) is 0 Å². The van der Waals surface area contributed by atoms with Gasteiger partial charge in [0.05, 0.1) is 6.61 Å². The zero-order valence-electron chi connectivity index (χ0n) is 7.40. The molecular weight excluding hydrogens is 164 g/mol. The Morgan fingerprint density at radius 1 is 1.46 bits per heavy atom. The Morgan fingerprint density at radius 3 is 3.15 bits per heavy atom. The first-order valence-corrected chi connectivity index (χ1v) is 4.57. The molecule has 0 unspecified atom stereocenters. The van der Waals surface area contributed by atoms with Crippen molar-refractivity contribution in [3.05, 3.63) is 29.8 Å². The van der Waals surface area contributed by atoms with Crippen LogP contribution >= 0.6 is 0 Å². The van der Waals surface area contributed by atoms with Gasteiger partial charge in [-0.1, -0.05) is 18.2 Å². The summed E-state index contributed by atoms with van der Waals surface area (Å²) >= 11 is 0. The number of rotatable bonds is 2. The Morgan fingerprint density at radius 2 is 2.31 bits per heavy atom. The smallest absolute Gasteiger partial charge is 0.122 e. The topological polar surface area (TPSA) is 26.3 Å². The van der Waals surface area contributed by atoms with Gasteiger partial charge in [-0.3, -0.25) is 0 Å². The zero-order valence-corrected chi connectivity index (χ0v) is 7.40. The largest absolute Gasteiger partial charge is 0.493 e. The molecule has 0 spiro atoms. The highest BCUT2D eigenvalue weighted by atomic mass is 16.5. The Labute approximate surface area is 77.5 Å². The summed E-state index contributed by atoms with van der Waals surface area (Å²) in [6.07, 6.45) is 2.56. The lowest BCUT2D eigenvalue weighted by molar-refractivity contribution is -0.108. The molecular formula is C11H12O2. The number of fused-ring (bicyclic) bond motifs is 1. The van der Waals surface area contributed by atoms with E-state index in [9.17, 15) is 4.79 Å². The Balaban J connectivity index is 2.31. The summed E-state index contributed by atoms with van der Waals surface area (Å²) in [5, 5.41) is 0. The number of carbonyl (C=O) groups is 1. The van der Waals surface area contributed by atoms with Crippen molar-refractivity contribution in [2.24, 2.45) is 0 Å². The summed E-state index contributed by atoms with van der Waals surface area (Å²) in [4.78, 5) is 10.4. The number of hydrogen-bond acceptors (Lipinski definition) is 2. The molecule has 0 radical (unpaired) electrons. The van der Waals surface area contributed by atoms with E-state index in [0.717, 1.165) is 25.1 Å². The zero-order chi connectivity index (χ0) is 9.10. The van der Waals surface area contributed by atoms with E-state index in [4.69, 9.17) is 4.74 Å². The maximum Gasteiger partial charge on any atom is 0.122 e. The molecule has 2 heteroatoms. The minimum Gasteiger partial charge on any atom is -0.493 e. The standard InChI is InChI=1S/C11H12O2/c12-7-5-9-6-8-13-11-4-2-1-3-10(9)11/h1-4,7,9H,5-6,8H2/t9-/m1/s1. The number of carbonyl (C=O) groups excluding carboxylic acids is 1. The molecule has 1 aromatic carbocycles. The normalized spacial score (nSPS) is 20.2. The Hall–Kier alpha value is -1.31. The van der Waals surface area contributed by atoms with E-state index in [1.54, 1.807) is 0 Å². The second kappa shape index (κ2) is 3.60. The summed E-state index contributed by atoms with van der Waals surface area (Å²) < 4.78 is 5.48. The second-order valence-electron chi connectivity index (χ2n) is 3.27. The molecule has 13 heavy (non-hydrogen) atoms. The molecule has 0 N–H and O–H groups in total. The van der Waals surface area contributed by atoms with Crippen LogP contribution in [0, 0.1) is 0 Å². The minimum atomic E-state index is 0.363. The molecule has 0 saturated heterocycles. The second-order valence-corrected chi connectivity index (χ2v) is 3.27. The molecule has 2 rings (SSSR count). The monoisotopic (exact) mass is 176 g/mol. The number of benzene rings is 1. The van der Waals surface area contributed by atoms with Gasteiger partial charge in [0.15, 0.2) is 0 Å². The van der Waals surface area contributed by atoms with Crippen LogP contribution in [0.5, 0.6) is 5.75 Å². The number of aldehydes is 1. The first-order chi connectivity index (χ1) is 6.42. The molecule has 68 valence electrons. The van der Waals surface area contributed by atoms with E-state index in [2.05, 4.69) is 0 Å². The van der Waals surface area contributed by atoms with Gasteiger partial charge in [0.25, 0.3) is 0 Å². The van der Waals surface area contributed by atoms with Crippen LogP contribution in [0.1, 0.15) is 24.3 Å². The molecule has 0 aliphatic carbocycles. The summed E-state index contributed by atoms with van der Waals surface area (Å²) in [6, 6.07) is 7.96. The lowest BCUT2D eigenvalue weighted by atomic mass is 9.91. The van der Waals surface area contributed by atoms with Gasteiger partial charge in [0.1, 0.15) is 12.0 Å². The first-order valence-electron chi connectivity index (χ1n) is 4.57. The van der Waals surface area contributed by atoms with E-state index < -0.39 is 0 Å². The van der Waals surface area contributed by atoms with Crippen LogP contribution in [0.3, 0.4) is 0 Å². The van der Waals surface area contributed by atoms with Crippen LogP contribution in [0.15, 0.2) is 24.3 Å². The van der Waals surface area contributed by atoms with Gasteiger partial charge in [-0.15, -0.1) is 0 Å². The Bertz CT molecular complexity index is 307. The molecule has 0 fully saturated rings.